The second-order valence-corrected chi connectivity index (χ2v) is 5.14. The molecule has 0 radical (unpaired) electrons. The molecule has 0 bridgehead atoms. The molecule has 1 aromatic heterocycles. The van der Waals surface area contributed by atoms with Crippen LogP contribution in [-0.4, -0.2) is 20.2 Å². The molecule has 0 amide bonds. The first-order valence-corrected chi connectivity index (χ1v) is 6.60. The van der Waals surface area contributed by atoms with Gasteiger partial charge in [-0.2, -0.15) is 0 Å². The van der Waals surface area contributed by atoms with Gasteiger partial charge in [0.15, 0.2) is 0 Å². The first kappa shape index (κ1) is 10.2. The molecular weight excluding hydrogens is 251 g/mol. The van der Waals surface area contributed by atoms with E-state index in [1.54, 1.807) is 0 Å². The summed E-state index contributed by atoms with van der Waals surface area (Å²) in [5.41, 5.74) is 5.15. The zero-order chi connectivity index (χ0) is 10.5. The fourth-order valence-electron chi connectivity index (χ4n) is 1.20. The van der Waals surface area contributed by atoms with Gasteiger partial charge in [0.05, 0.1) is 0 Å². The van der Waals surface area contributed by atoms with Gasteiger partial charge in [0.25, 0.3) is 0 Å². The van der Waals surface area contributed by atoms with E-state index in [0.29, 0.717) is 14.5 Å². The van der Waals surface area contributed by atoms with Crippen LogP contribution in [0.25, 0.3) is 0 Å². The summed E-state index contributed by atoms with van der Waals surface area (Å²) in [7, 11) is 0. The van der Waals surface area contributed by atoms with Gasteiger partial charge in [0.2, 0.25) is 0 Å². The third kappa shape index (κ3) is 2.82. The van der Waals surface area contributed by atoms with Gasteiger partial charge in [0.1, 0.15) is 0 Å². The maximum absolute atomic E-state index is 4.35. The van der Waals surface area contributed by atoms with Crippen molar-refractivity contribution < 1.29 is 0 Å². The Balaban J connectivity index is 2.06. The molecule has 1 heterocycles. The van der Waals surface area contributed by atoms with E-state index in [-0.39, 0.29) is 0 Å². The Bertz CT molecular complexity index is 432. The predicted octanol–water partition coefficient (Wildman–Crippen LogP) is 2.58. The van der Waals surface area contributed by atoms with Crippen molar-refractivity contribution in [2.75, 3.05) is 5.43 Å². The summed E-state index contributed by atoms with van der Waals surface area (Å²) in [6, 6.07) is 14.2. The first-order chi connectivity index (χ1) is 7.36. The van der Waals surface area contributed by atoms with Gasteiger partial charge < -0.3 is 0 Å². The molecule has 2 rings (SSSR count). The molecule has 1 aromatic carbocycles. The third-order valence-electron chi connectivity index (χ3n) is 2.00. The molecule has 2 nitrogen and oxygen atoms in total. The van der Waals surface area contributed by atoms with Gasteiger partial charge in [-0.25, -0.2) is 0 Å². The van der Waals surface area contributed by atoms with E-state index in [4.69, 9.17) is 0 Å². The normalized spacial score (nSPS) is 11.4. The van der Waals surface area contributed by atoms with Crippen LogP contribution in [0.5, 0.6) is 0 Å². The molecule has 2 aromatic rings. The van der Waals surface area contributed by atoms with Crippen LogP contribution in [0.4, 0.5) is 5.69 Å². The molecule has 3 heteroatoms. The Labute approximate surface area is 95.4 Å². The van der Waals surface area contributed by atoms with Crippen molar-refractivity contribution in [3.63, 3.8) is 0 Å². The quantitative estimate of drug-likeness (QED) is 0.514. The van der Waals surface area contributed by atoms with Crippen LogP contribution < -0.4 is 5.43 Å². The van der Waals surface area contributed by atoms with Crippen LogP contribution >= 0.6 is 0 Å². The summed E-state index contributed by atoms with van der Waals surface area (Å²) in [5.74, 6) is 0. The molecular formula is C12H12N2Se. The first-order valence-electron chi connectivity index (χ1n) is 4.75. The number of benzene rings is 1. The number of anilines is 1. The van der Waals surface area contributed by atoms with Crippen LogP contribution in [-0.2, 0) is 0 Å². The average Bonchev–Trinajstić information content (AvgIpc) is 2.81. The molecule has 1 N–H and O–H groups in total. The number of rotatable bonds is 3. The number of para-hydroxylation sites is 1. The Morgan fingerprint density at radius 3 is 2.60 bits per heavy atom. The minimum absolute atomic E-state index is 0.464. The molecule has 0 aliphatic carbocycles. The van der Waals surface area contributed by atoms with E-state index < -0.39 is 0 Å². The molecule has 0 saturated heterocycles. The number of hydrazone groups is 1. The maximum atomic E-state index is 4.35. The van der Waals surface area contributed by atoms with Crippen molar-refractivity contribution >= 4 is 25.9 Å². The van der Waals surface area contributed by atoms with Crippen LogP contribution in [0.2, 0.25) is 0 Å². The molecule has 0 spiro atoms. The van der Waals surface area contributed by atoms with Crippen molar-refractivity contribution in [1.29, 1.82) is 0 Å². The van der Waals surface area contributed by atoms with E-state index in [0.717, 1.165) is 11.4 Å². The van der Waals surface area contributed by atoms with Crippen molar-refractivity contribution in [2.45, 2.75) is 6.92 Å². The molecule has 0 aliphatic heterocycles. The van der Waals surface area contributed by atoms with Gasteiger partial charge in [0, 0.05) is 0 Å². The van der Waals surface area contributed by atoms with Gasteiger partial charge in [-0.1, -0.05) is 0 Å². The summed E-state index contributed by atoms with van der Waals surface area (Å²) in [4.78, 5) is 2.20. The monoisotopic (exact) mass is 264 g/mol. The standard InChI is InChI=1S/C12H12N2Se/c1-10(12-8-5-9-15-12)13-14-11-6-3-2-4-7-11/h2-9,14H,1H3. The molecule has 15 heavy (non-hydrogen) atoms. The second-order valence-electron chi connectivity index (χ2n) is 3.15. The van der Waals surface area contributed by atoms with Gasteiger partial charge in [-0.15, -0.1) is 0 Å². The minimum atomic E-state index is 0.464. The van der Waals surface area contributed by atoms with E-state index in [9.17, 15) is 0 Å². The number of hydrogen-bond donors (Lipinski definition) is 1. The van der Waals surface area contributed by atoms with Crippen molar-refractivity contribution in [3.05, 3.63) is 51.8 Å². The van der Waals surface area contributed by atoms with Crippen molar-refractivity contribution in [3.8, 4) is 0 Å². The van der Waals surface area contributed by atoms with E-state index >= 15 is 0 Å². The molecule has 0 fully saturated rings. The molecule has 76 valence electrons. The van der Waals surface area contributed by atoms with Crippen LogP contribution in [0, 0.1) is 0 Å². The third-order valence-corrected chi connectivity index (χ3v) is 4.06. The Kier molecular flexibility index (Phi) is 3.38. The van der Waals surface area contributed by atoms with Gasteiger partial charge in [-0.3, -0.25) is 0 Å². The van der Waals surface area contributed by atoms with Crippen molar-refractivity contribution in [1.82, 2.24) is 0 Å². The van der Waals surface area contributed by atoms with Gasteiger partial charge in [-0.05, 0) is 0 Å². The Hall–Kier alpha value is -1.31. The molecule has 0 unspecified atom stereocenters. The predicted molar refractivity (Wildman–Crippen MR) is 65.7 cm³/mol. The number of hydrogen-bond acceptors (Lipinski definition) is 2. The fraction of sp³-hybridized carbons (Fsp3) is 0.0833. The zero-order valence-corrected chi connectivity index (χ0v) is 10.2. The Morgan fingerprint density at radius 1 is 1.13 bits per heavy atom. The van der Waals surface area contributed by atoms with E-state index in [1.807, 2.05) is 37.3 Å². The molecule has 0 aliphatic rings. The summed E-state index contributed by atoms with van der Waals surface area (Å²) >= 11 is 0.464. The molecule has 0 saturated carbocycles. The number of nitrogens with one attached hydrogen (secondary N) is 1. The number of nitrogens with zero attached hydrogens (tertiary/aromatic N) is 1. The van der Waals surface area contributed by atoms with Crippen molar-refractivity contribution in [2.24, 2.45) is 5.10 Å². The summed E-state index contributed by atoms with van der Waals surface area (Å²) in [5, 5.41) is 4.35. The SMILES string of the molecule is CC(=NNc1ccccc1)c1ccc[se]1. The topological polar surface area (TPSA) is 24.4 Å². The van der Waals surface area contributed by atoms with Gasteiger partial charge >= 0.3 is 95.2 Å². The second kappa shape index (κ2) is 4.96. The van der Waals surface area contributed by atoms with Crippen LogP contribution in [0.3, 0.4) is 0 Å². The summed E-state index contributed by atoms with van der Waals surface area (Å²) < 4.78 is 1.34. The fourth-order valence-corrected chi connectivity index (χ4v) is 2.62. The summed E-state index contributed by atoms with van der Waals surface area (Å²) in [6.45, 7) is 2.04. The summed E-state index contributed by atoms with van der Waals surface area (Å²) in [6.07, 6.45) is 0. The average molecular weight is 263 g/mol. The van der Waals surface area contributed by atoms with E-state index in [2.05, 4.69) is 27.6 Å². The Morgan fingerprint density at radius 2 is 1.93 bits per heavy atom. The van der Waals surface area contributed by atoms with Crippen LogP contribution in [0.1, 0.15) is 11.4 Å². The molecule has 0 atom stereocenters. The van der Waals surface area contributed by atoms with Crippen LogP contribution in [0.15, 0.2) is 52.5 Å². The van der Waals surface area contributed by atoms with E-state index in [1.165, 1.54) is 4.44 Å². The zero-order valence-electron chi connectivity index (χ0n) is 8.47.